The molecule has 0 radical (unpaired) electrons. The molecule has 1 aliphatic carbocycles. The average Bonchev–Trinajstić information content (AvgIpc) is 2.54. The normalized spacial score (nSPS) is 22.0. The van der Waals surface area contributed by atoms with Gasteiger partial charge >= 0.3 is 0 Å². The van der Waals surface area contributed by atoms with Gasteiger partial charge in [-0.15, -0.1) is 0 Å². The molecule has 2 aliphatic rings. The highest BCUT2D eigenvalue weighted by atomic mass is 35.5. The van der Waals surface area contributed by atoms with Crippen LogP contribution in [0.15, 0.2) is 49.0 Å². The highest BCUT2D eigenvalue weighted by Crippen LogP contribution is 2.51. The maximum atomic E-state index is 6.10. The predicted octanol–water partition coefficient (Wildman–Crippen LogP) is 6.03. The van der Waals surface area contributed by atoms with Crippen molar-refractivity contribution in [2.45, 2.75) is 44.7 Å². The van der Waals surface area contributed by atoms with Crippen molar-refractivity contribution in [3.63, 3.8) is 0 Å². The Morgan fingerprint density at radius 1 is 1.13 bits per heavy atom. The van der Waals surface area contributed by atoms with Crippen LogP contribution >= 0.6 is 11.6 Å². The first kappa shape index (κ1) is 14.8. The summed E-state index contributed by atoms with van der Waals surface area (Å²) in [4.78, 5) is 2.55. The van der Waals surface area contributed by atoms with Crippen LogP contribution in [0.4, 0.5) is 5.69 Å². The molecule has 4 rings (SSSR count). The lowest BCUT2D eigenvalue weighted by molar-refractivity contribution is 0.430. The lowest BCUT2D eigenvalue weighted by atomic mass is 9.72. The number of anilines is 1. The van der Waals surface area contributed by atoms with Crippen LogP contribution in [0.5, 0.6) is 0 Å². The van der Waals surface area contributed by atoms with E-state index in [0.717, 1.165) is 5.02 Å². The smallest absolute Gasteiger partial charge is 0.0604 e. The van der Waals surface area contributed by atoms with Gasteiger partial charge < -0.3 is 4.90 Å². The molecule has 1 atom stereocenters. The molecule has 23 heavy (non-hydrogen) atoms. The second-order valence-electron chi connectivity index (χ2n) is 7.17. The number of rotatable bonds is 1. The summed E-state index contributed by atoms with van der Waals surface area (Å²) in [5.74, 6) is 0. The summed E-state index contributed by atoms with van der Waals surface area (Å²) in [6, 6.07) is 15.4. The molecule has 0 amide bonds. The molecule has 1 heterocycles. The van der Waals surface area contributed by atoms with Crippen LogP contribution in [0.1, 0.15) is 49.4 Å². The minimum atomic E-state index is -0.110. The van der Waals surface area contributed by atoms with E-state index in [1.54, 1.807) is 0 Å². The molecule has 0 fully saturated rings. The van der Waals surface area contributed by atoms with E-state index < -0.39 is 0 Å². The molecule has 0 aromatic heterocycles. The van der Waals surface area contributed by atoms with Crippen molar-refractivity contribution in [3.8, 4) is 0 Å². The van der Waals surface area contributed by atoms with Crippen molar-refractivity contribution >= 4 is 22.9 Å². The SMILES string of the molecule is C=C1c2cccc3c2C(CCC3)N(c2ccc(Cl)cc2)C1(C)C. The summed E-state index contributed by atoms with van der Waals surface area (Å²) in [6.07, 6.45) is 3.62. The van der Waals surface area contributed by atoms with E-state index >= 15 is 0 Å². The van der Waals surface area contributed by atoms with Gasteiger partial charge in [0.05, 0.1) is 11.6 Å². The second-order valence-corrected chi connectivity index (χ2v) is 7.61. The fourth-order valence-electron chi connectivity index (χ4n) is 4.35. The molecule has 2 aromatic rings. The summed E-state index contributed by atoms with van der Waals surface area (Å²) in [5.41, 5.74) is 6.69. The van der Waals surface area contributed by atoms with E-state index in [2.05, 4.69) is 55.7 Å². The van der Waals surface area contributed by atoms with E-state index in [4.69, 9.17) is 11.6 Å². The maximum Gasteiger partial charge on any atom is 0.0604 e. The first-order valence-corrected chi connectivity index (χ1v) is 8.74. The third-order valence-corrected chi connectivity index (χ3v) is 5.79. The first-order valence-electron chi connectivity index (χ1n) is 8.36. The van der Waals surface area contributed by atoms with E-state index in [0.29, 0.717) is 6.04 Å². The fourth-order valence-corrected chi connectivity index (χ4v) is 4.47. The van der Waals surface area contributed by atoms with Crippen molar-refractivity contribution in [2.75, 3.05) is 4.90 Å². The lowest BCUT2D eigenvalue weighted by Gasteiger charge is -2.53. The summed E-state index contributed by atoms with van der Waals surface area (Å²) in [7, 11) is 0. The molecule has 0 spiro atoms. The number of aryl methyl sites for hydroxylation is 1. The van der Waals surface area contributed by atoms with E-state index in [1.165, 1.54) is 47.2 Å². The highest BCUT2D eigenvalue weighted by Gasteiger charge is 2.43. The zero-order valence-electron chi connectivity index (χ0n) is 13.8. The minimum absolute atomic E-state index is 0.110. The summed E-state index contributed by atoms with van der Waals surface area (Å²) >= 11 is 6.10. The molecule has 2 heteroatoms. The van der Waals surface area contributed by atoms with Crippen molar-refractivity contribution in [2.24, 2.45) is 0 Å². The molecule has 0 saturated heterocycles. The van der Waals surface area contributed by atoms with Gasteiger partial charge in [-0.2, -0.15) is 0 Å². The summed E-state index contributed by atoms with van der Waals surface area (Å²) in [6.45, 7) is 9.04. The number of halogens is 1. The molecule has 1 nitrogen and oxygen atoms in total. The maximum absolute atomic E-state index is 6.10. The molecule has 1 aliphatic heterocycles. The second kappa shape index (κ2) is 5.14. The van der Waals surface area contributed by atoms with Gasteiger partial charge in [0.25, 0.3) is 0 Å². The van der Waals surface area contributed by atoms with Crippen LogP contribution in [0.25, 0.3) is 5.57 Å². The Bertz CT molecular complexity index is 773. The van der Waals surface area contributed by atoms with Gasteiger partial charge in [-0.25, -0.2) is 0 Å². The third kappa shape index (κ3) is 2.14. The Balaban J connectivity index is 1.94. The van der Waals surface area contributed by atoms with Crippen LogP contribution in [0.3, 0.4) is 0 Å². The van der Waals surface area contributed by atoms with Crippen molar-refractivity contribution < 1.29 is 0 Å². The van der Waals surface area contributed by atoms with Gasteiger partial charge in [-0.1, -0.05) is 36.4 Å². The van der Waals surface area contributed by atoms with Crippen LogP contribution in [0.2, 0.25) is 5.02 Å². The van der Waals surface area contributed by atoms with Crippen molar-refractivity contribution in [1.82, 2.24) is 0 Å². The minimum Gasteiger partial charge on any atom is -0.355 e. The molecule has 0 saturated carbocycles. The largest absolute Gasteiger partial charge is 0.355 e. The number of nitrogens with zero attached hydrogens (tertiary/aromatic N) is 1. The zero-order valence-corrected chi connectivity index (χ0v) is 14.5. The summed E-state index contributed by atoms with van der Waals surface area (Å²) < 4.78 is 0. The number of hydrogen-bond acceptors (Lipinski definition) is 1. The quantitative estimate of drug-likeness (QED) is 0.619. The van der Waals surface area contributed by atoms with Crippen molar-refractivity contribution in [1.29, 1.82) is 0 Å². The van der Waals surface area contributed by atoms with E-state index in [9.17, 15) is 0 Å². The summed E-state index contributed by atoms with van der Waals surface area (Å²) in [5, 5.41) is 0.784. The molecular weight excluding hydrogens is 302 g/mol. The zero-order chi connectivity index (χ0) is 16.2. The number of benzene rings is 2. The first-order chi connectivity index (χ1) is 11.0. The molecule has 0 bridgehead atoms. The average molecular weight is 324 g/mol. The highest BCUT2D eigenvalue weighted by molar-refractivity contribution is 6.30. The van der Waals surface area contributed by atoms with Crippen LogP contribution in [-0.2, 0) is 6.42 Å². The third-order valence-electron chi connectivity index (χ3n) is 5.54. The predicted molar refractivity (Wildman–Crippen MR) is 99.2 cm³/mol. The molecule has 0 N–H and O–H groups in total. The lowest BCUT2D eigenvalue weighted by Crippen LogP contribution is -2.51. The van der Waals surface area contributed by atoms with E-state index in [1.807, 2.05) is 12.1 Å². The Labute approximate surface area is 143 Å². The molecular formula is C21H22ClN. The van der Waals surface area contributed by atoms with Crippen LogP contribution < -0.4 is 4.90 Å². The Morgan fingerprint density at radius 3 is 2.61 bits per heavy atom. The Hall–Kier alpha value is -1.73. The standard InChI is InChI=1S/C21H22ClN/c1-14-18-8-4-6-15-7-5-9-19(20(15)18)23(21(14,2)3)17-12-10-16(22)11-13-17/h4,6,8,10-13,19H,1,5,7,9H2,2-3H3. The van der Waals surface area contributed by atoms with Crippen LogP contribution in [0, 0.1) is 0 Å². The van der Waals surface area contributed by atoms with Gasteiger partial charge in [-0.05, 0) is 79.6 Å². The Kier molecular flexibility index (Phi) is 3.32. The molecule has 1 unspecified atom stereocenters. The van der Waals surface area contributed by atoms with Crippen molar-refractivity contribution in [3.05, 3.63) is 70.8 Å². The molecule has 2 aromatic carbocycles. The molecule has 118 valence electrons. The number of hydrogen-bond donors (Lipinski definition) is 0. The van der Waals surface area contributed by atoms with Gasteiger partial charge in [0.15, 0.2) is 0 Å². The van der Waals surface area contributed by atoms with E-state index in [-0.39, 0.29) is 5.54 Å². The fraction of sp³-hybridized carbons (Fsp3) is 0.333. The van der Waals surface area contributed by atoms with Gasteiger partial charge in [0.2, 0.25) is 0 Å². The Morgan fingerprint density at radius 2 is 1.87 bits per heavy atom. The van der Waals surface area contributed by atoms with Gasteiger partial charge in [0.1, 0.15) is 0 Å². The van der Waals surface area contributed by atoms with Gasteiger partial charge in [0, 0.05) is 10.7 Å². The van der Waals surface area contributed by atoms with Crippen LogP contribution in [-0.4, -0.2) is 5.54 Å². The topological polar surface area (TPSA) is 3.24 Å². The monoisotopic (exact) mass is 323 g/mol. The van der Waals surface area contributed by atoms with Gasteiger partial charge in [-0.3, -0.25) is 0 Å².